The van der Waals surface area contributed by atoms with Crippen LogP contribution in [0.4, 0.5) is 0 Å². The Morgan fingerprint density at radius 2 is 2.55 bits per heavy atom. The molecular formula is C7H5BrN2S. The van der Waals surface area contributed by atoms with Crippen molar-refractivity contribution in [1.82, 2.24) is 0 Å². The number of nitrogens with zero attached hydrogens (tertiary/aromatic N) is 1. The fourth-order valence-corrected chi connectivity index (χ4v) is 2.17. The molecule has 2 nitrogen and oxygen atoms in total. The van der Waals surface area contributed by atoms with E-state index >= 15 is 0 Å². The molecule has 0 aliphatic heterocycles. The Kier molecular flexibility index (Phi) is 2.69. The zero-order valence-electron chi connectivity index (χ0n) is 5.54. The molecule has 11 heavy (non-hydrogen) atoms. The van der Waals surface area contributed by atoms with Gasteiger partial charge in [-0.3, -0.25) is 0 Å². The highest BCUT2D eigenvalue weighted by atomic mass is 79.9. The maximum absolute atomic E-state index is 8.31. The lowest BCUT2D eigenvalue weighted by molar-refractivity contribution is 1.51. The summed E-state index contributed by atoms with van der Waals surface area (Å²) in [6.07, 6.45) is 1.33. The summed E-state index contributed by atoms with van der Waals surface area (Å²) < 4.78 is 0.937. The van der Waals surface area contributed by atoms with Gasteiger partial charge < -0.3 is 5.73 Å². The van der Waals surface area contributed by atoms with Gasteiger partial charge in [-0.15, -0.1) is 11.3 Å². The topological polar surface area (TPSA) is 49.8 Å². The predicted molar refractivity (Wildman–Crippen MR) is 49.8 cm³/mol. The van der Waals surface area contributed by atoms with E-state index in [1.165, 1.54) is 17.4 Å². The van der Waals surface area contributed by atoms with Crippen molar-refractivity contribution in [2.45, 2.75) is 0 Å². The average molecular weight is 229 g/mol. The van der Waals surface area contributed by atoms with E-state index in [-0.39, 0.29) is 0 Å². The summed E-state index contributed by atoms with van der Waals surface area (Å²) in [6.45, 7) is 0. The summed E-state index contributed by atoms with van der Waals surface area (Å²) in [5.74, 6) is 0. The van der Waals surface area contributed by atoms with Crippen LogP contribution in [0.25, 0.3) is 5.70 Å². The SMILES string of the molecule is N#C/C=C(/N)c1sccc1Br. The first-order chi connectivity index (χ1) is 5.25. The van der Waals surface area contributed by atoms with Gasteiger partial charge in [-0.1, -0.05) is 0 Å². The highest BCUT2D eigenvalue weighted by Gasteiger charge is 2.02. The molecule has 56 valence electrons. The Morgan fingerprint density at radius 1 is 1.82 bits per heavy atom. The summed E-state index contributed by atoms with van der Waals surface area (Å²) in [5.41, 5.74) is 6.08. The third-order valence-corrected chi connectivity index (χ3v) is 2.99. The van der Waals surface area contributed by atoms with E-state index in [9.17, 15) is 0 Å². The first kappa shape index (κ1) is 8.31. The number of halogens is 1. The van der Waals surface area contributed by atoms with Crippen LogP contribution >= 0.6 is 27.3 Å². The molecule has 0 saturated carbocycles. The molecule has 0 aromatic carbocycles. The lowest BCUT2D eigenvalue weighted by atomic mass is 10.3. The molecule has 1 heterocycles. The number of nitriles is 1. The third kappa shape index (κ3) is 1.82. The number of hydrogen-bond donors (Lipinski definition) is 1. The van der Waals surface area contributed by atoms with Crippen molar-refractivity contribution < 1.29 is 0 Å². The van der Waals surface area contributed by atoms with Crippen LogP contribution in [0.2, 0.25) is 0 Å². The normalized spacial score (nSPS) is 11.1. The predicted octanol–water partition coefficient (Wildman–Crippen LogP) is 2.33. The fraction of sp³-hybridized carbons (Fsp3) is 0. The minimum Gasteiger partial charge on any atom is -0.397 e. The van der Waals surface area contributed by atoms with E-state index in [2.05, 4.69) is 15.9 Å². The molecule has 1 aromatic heterocycles. The van der Waals surface area contributed by atoms with Crippen LogP contribution in [0.3, 0.4) is 0 Å². The van der Waals surface area contributed by atoms with E-state index in [0.29, 0.717) is 5.70 Å². The second-order valence-corrected chi connectivity index (χ2v) is 3.60. The molecule has 0 fully saturated rings. The molecule has 0 amide bonds. The second-order valence-electron chi connectivity index (χ2n) is 1.83. The third-order valence-electron chi connectivity index (χ3n) is 1.10. The summed E-state index contributed by atoms with van der Waals surface area (Å²) in [6, 6.07) is 3.78. The number of rotatable bonds is 1. The van der Waals surface area contributed by atoms with Gasteiger partial charge in [0.1, 0.15) is 0 Å². The van der Waals surface area contributed by atoms with Crippen molar-refractivity contribution in [2.24, 2.45) is 5.73 Å². The van der Waals surface area contributed by atoms with E-state index in [4.69, 9.17) is 11.0 Å². The highest BCUT2D eigenvalue weighted by molar-refractivity contribution is 9.10. The Bertz CT molecular complexity index is 321. The standard InChI is InChI=1S/C7H5BrN2S/c8-5-2-4-11-7(5)6(10)1-3-9/h1-2,4H,10H2/b6-1+. The molecule has 0 spiro atoms. The molecule has 2 N–H and O–H groups in total. The van der Waals surface area contributed by atoms with Crippen LogP contribution < -0.4 is 5.73 Å². The van der Waals surface area contributed by atoms with Crippen LogP contribution in [0.1, 0.15) is 4.88 Å². The van der Waals surface area contributed by atoms with Gasteiger partial charge in [0.2, 0.25) is 0 Å². The quantitative estimate of drug-likeness (QED) is 0.751. The van der Waals surface area contributed by atoms with Gasteiger partial charge in [0.05, 0.1) is 16.6 Å². The first-order valence-corrected chi connectivity index (χ1v) is 4.51. The zero-order chi connectivity index (χ0) is 8.27. The largest absolute Gasteiger partial charge is 0.397 e. The van der Waals surface area contributed by atoms with Crippen molar-refractivity contribution in [3.05, 3.63) is 26.9 Å². The molecule has 1 aromatic rings. The molecule has 0 bridgehead atoms. The Labute approximate surface area is 77.1 Å². The summed E-state index contributed by atoms with van der Waals surface area (Å²) in [5, 5.41) is 10.2. The average Bonchev–Trinajstić information content (AvgIpc) is 2.36. The van der Waals surface area contributed by atoms with Crippen molar-refractivity contribution in [3.63, 3.8) is 0 Å². The van der Waals surface area contributed by atoms with E-state index in [0.717, 1.165) is 9.35 Å². The van der Waals surface area contributed by atoms with E-state index < -0.39 is 0 Å². The first-order valence-electron chi connectivity index (χ1n) is 2.84. The molecule has 0 atom stereocenters. The molecule has 1 rings (SSSR count). The van der Waals surface area contributed by atoms with Gasteiger partial charge >= 0.3 is 0 Å². The molecule has 0 aliphatic rings. The van der Waals surface area contributed by atoms with E-state index in [1.807, 2.05) is 17.5 Å². The number of thiophene rings is 1. The van der Waals surface area contributed by atoms with E-state index in [1.54, 1.807) is 0 Å². The van der Waals surface area contributed by atoms with Gasteiger partial charge in [0, 0.05) is 10.5 Å². The van der Waals surface area contributed by atoms with Crippen LogP contribution in [0, 0.1) is 11.3 Å². The molecule has 0 unspecified atom stereocenters. The summed E-state index contributed by atoms with van der Waals surface area (Å²) in [7, 11) is 0. The smallest absolute Gasteiger partial charge is 0.0934 e. The Balaban J connectivity index is 3.04. The van der Waals surface area contributed by atoms with Crippen molar-refractivity contribution in [2.75, 3.05) is 0 Å². The van der Waals surface area contributed by atoms with Gasteiger partial charge in [-0.25, -0.2) is 0 Å². The molecule has 4 heteroatoms. The van der Waals surface area contributed by atoms with Gasteiger partial charge in [-0.2, -0.15) is 5.26 Å². The Hall–Kier alpha value is -0.790. The number of allylic oxidation sites excluding steroid dienone is 1. The summed E-state index contributed by atoms with van der Waals surface area (Å²) >= 11 is 4.82. The minimum absolute atomic E-state index is 0.509. The zero-order valence-corrected chi connectivity index (χ0v) is 7.95. The molecule has 0 saturated heterocycles. The molecular weight excluding hydrogens is 224 g/mol. The van der Waals surface area contributed by atoms with Gasteiger partial charge in [0.25, 0.3) is 0 Å². The lowest BCUT2D eigenvalue weighted by Gasteiger charge is -1.93. The van der Waals surface area contributed by atoms with Crippen LogP contribution in [-0.4, -0.2) is 0 Å². The molecule has 0 radical (unpaired) electrons. The van der Waals surface area contributed by atoms with Crippen molar-refractivity contribution >= 4 is 33.0 Å². The van der Waals surface area contributed by atoms with Crippen LogP contribution in [0.5, 0.6) is 0 Å². The Morgan fingerprint density at radius 3 is 3.00 bits per heavy atom. The second kappa shape index (κ2) is 3.56. The van der Waals surface area contributed by atoms with Gasteiger partial charge in [-0.05, 0) is 27.4 Å². The van der Waals surface area contributed by atoms with Gasteiger partial charge in [0.15, 0.2) is 0 Å². The minimum atomic E-state index is 0.509. The van der Waals surface area contributed by atoms with Crippen LogP contribution in [0.15, 0.2) is 22.0 Å². The maximum atomic E-state index is 8.31. The number of hydrogen-bond acceptors (Lipinski definition) is 3. The maximum Gasteiger partial charge on any atom is 0.0934 e. The van der Waals surface area contributed by atoms with Crippen molar-refractivity contribution in [3.8, 4) is 6.07 Å². The molecule has 0 aliphatic carbocycles. The van der Waals surface area contributed by atoms with Crippen molar-refractivity contribution in [1.29, 1.82) is 5.26 Å². The fourth-order valence-electron chi connectivity index (χ4n) is 0.635. The lowest BCUT2D eigenvalue weighted by Crippen LogP contribution is -1.92. The monoisotopic (exact) mass is 228 g/mol. The summed E-state index contributed by atoms with van der Waals surface area (Å²) in [4.78, 5) is 0.909. The van der Waals surface area contributed by atoms with Crippen LogP contribution in [-0.2, 0) is 0 Å². The number of nitrogens with two attached hydrogens (primary N) is 1. The highest BCUT2D eigenvalue weighted by Crippen LogP contribution is 2.26.